The number of nitrogens with zero attached hydrogens (tertiary/aromatic N) is 2. The highest BCUT2D eigenvalue weighted by Gasteiger charge is 2.02. The van der Waals surface area contributed by atoms with Crippen molar-refractivity contribution in [1.82, 2.24) is 4.57 Å². The predicted molar refractivity (Wildman–Crippen MR) is 91.2 cm³/mol. The maximum absolute atomic E-state index is 12.1. The molecule has 0 saturated heterocycles. The van der Waals surface area contributed by atoms with E-state index in [4.69, 9.17) is 5.73 Å². The Morgan fingerprint density at radius 2 is 2.05 bits per heavy atom. The van der Waals surface area contributed by atoms with Gasteiger partial charge in [0.25, 0.3) is 5.56 Å². The molecule has 3 N–H and O–H groups in total. The number of aliphatic imine (C=N–C) groups is 1. The van der Waals surface area contributed by atoms with Crippen LogP contribution in [0.3, 0.4) is 0 Å². The van der Waals surface area contributed by atoms with Crippen molar-refractivity contribution in [2.45, 2.75) is 33.9 Å². The first-order valence-corrected chi connectivity index (χ1v) is 7.33. The molecule has 0 radical (unpaired) electrons. The number of guanidine groups is 1. The number of hydrogen-bond donors (Lipinski definition) is 2. The Hall–Kier alpha value is -2.56. The third-order valence-corrected chi connectivity index (χ3v) is 3.64. The Morgan fingerprint density at radius 3 is 2.73 bits per heavy atom. The second kappa shape index (κ2) is 6.93. The molecule has 116 valence electrons. The number of nitrogens with two attached hydrogens (primary N) is 1. The second-order valence-corrected chi connectivity index (χ2v) is 5.25. The Balaban J connectivity index is 2.10. The van der Waals surface area contributed by atoms with Gasteiger partial charge in [-0.05, 0) is 50.1 Å². The van der Waals surface area contributed by atoms with E-state index in [1.807, 2.05) is 38.1 Å². The first-order chi connectivity index (χ1) is 10.5. The summed E-state index contributed by atoms with van der Waals surface area (Å²) >= 11 is 0. The molecule has 22 heavy (non-hydrogen) atoms. The van der Waals surface area contributed by atoms with Crippen molar-refractivity contribution in [3.63, 3.8) is 0 Å². The van der Waals surface area contributed by atoms with E-state index in [1.165, 1.54) is 11.1 Å². The summed E-state index contributed by atoms with van der Waals surface area (Å²) in [5.41, 5.74) is 9.81. The maximum atomic E-state index is 12.1. The highest BCUT2D eigenvalue weighted by Crippen LogP contribution is 2.13. The minimum Gasteiger partial charge on any atom is -0.370 e. The number of rotatable bonds is 4. The molecule has 5 nitrogen and oxygen atoms in total. The number of anilines is 1. The molecule has 2 rings (SSSR count). The smallest absolute Gasteiger partial charge is 0.255 e. The zero-order valence-electron chi connectivity index (χ0n) is 13.3. The SMILES string of the molecule is CCn1cccc(CN=C(N)Nc2ccc(C)c(C)c2)c1=O. The Bertz CT molecular complexity index is 747. The van der Waals surface area contributed by atoms with Gasteiger partial charge in [0.05, 0.1) is 6.54 Å². The molecule has 0 aliphatic heterocycles. The maximum Gasteiger partial charge on any atom is 0.255 e. The Morgan fingerprint density at radius 1 is 1.27 bits per heavy atom. The number of aromatic nitrogens is 1. The van der Waals surface area contributed by atoms with Gasteiger partial charge >= 0.3 is 0 Å². The van der Waals surface area contributed by atoms with Crippen molar-refractivity contribution >= 4 is 11.6 Å². The normalized spacial score (nSPS) is 11.5. The third kappa shape index (κ3) is 3.75. The van der Waals surface area contributed by atoms with Crippen molar-refractivity contribution in [2.24, 2.45) is 10.7 Å². The zero-order chi connectivity index (χ0) is 16.1. The third-order valence-electron chi connectivity index (χ3n) is 3.64. The van der Waals surface area contributed by atoms with Crippen LogP contribution in [0.5, 0.6) is 0 Å². The minimum atomic E-state index is -0.0206. The molecule has 1 heterocycles. The van der Waals surface area contributed by atoms with Crippen LogP contribution in [0.2, 0.25) is 0 Å². The van der Waals surface area contributed by atoms with Crippen LogP contribution >= 0.6 is 0 Å². The van der Waals surface area contributed by atoms with Crippen LogP contribution in [0.25, 0.3) is 0 Å². The monoisotopic (exact) mass is 298 g/mol. The van der Waals surface area contributed by atoms with E-state index in [-0.39, 0.29) is 12.1 Å². The zero-order valence-corrected chi connectivity index (χ0v) is 13.3. The van der Waals surface area contributed by atoms with Crippen LogP contribution in [0, 0.1) is 13.8 Å². The molecule has 1 aromatic carbocycles. The van der Waals surface area contributed by atoms with Crippen LogP contribution in [0.1, 0.15) is 23.6 Å². The van der Waals surface area contributed by atoms with Crippen LogP contribution in [-0.4, -0.2) is 10.5 Å². The molecule has 0 aliphatic rings. The fraction of sp³-hybridized carbons (Fsp3) is 0.294. The highest BCUT2D eigenvalue weighted by molar-refractivity contribution is 5.92. The van der Waals surface area contributed by atoms with Gasteiger partial charge in [-0.1, -0.05) is 12.1 Å². The lowest BCUT2D eigenvalue weighted by Gasteiger charge is -2.08. The number of nitrogens with one attached hydrogen (secondary N) is 1. The van der Waals surface area contributed by atoms with E-state index in [0.717, 1.165) is 5.69 Å². The lowest BCUT2D eigenvalue weighted by molar-refractivity contribution is 0.714. The van der Waals surface area contributed by atoms with Crippen molar-refractivity contribution < 1.29 is 0 Å². The molecule has 0 saturated carbocycles. The summed E-state index contributed by atoms with van der Waals surface area (Å²) < 4.78 is 1.65. The van der Waals surface area contributed by atoms with Gasteiger partial charge in [0.15, 0.2) is 5.96 Å². The van der Waals surface area contributed by atoms with E-state index in [0.29, 0.717) is 18.1 Å². The summed E-state index contributed by atoms with van der Waals surface area (Å²) in [6, 6.07) is 9.63. The molecule has 0 amide bonds. The highest BCUT2D eigenvalue weighted by atomic mass is 16.1. The molecule has 2 aromatic rings. The second-order valence-electron chi connectivity index (χ2n) is 5.25. The molecule has 0 fully saturated rings. The van der Waals surface area contributed by atoms with Gasteiger partial charge in [0.2, 0.25) is 0 Å². The van der Waals surface area contributed by atoms with E-state index < -0.39 is 0 Å². The fourth-order valence-electron chi connectivity index (χ4n) is 2.13. The topological polar surface area (TPSA) is 72.4 Å². The van der Waals surface area contributed by atoms with Crippen LogP contribution in [-0.2, 0) is 13.1 Å². The summed E-state index contributed by atoms with van der Waals surface area (Å²) in [6.45, 7) is 6.95. The number of aryl methyl sites for hydroxylation is 3. The molecule has 0 unspecified atom stereocenters. The summed E-state index contributed by atoms with van der Waals surface area (Å²) in [7, 11) is 0. The fourth-order valence-corrected chi connectivity index (χ4v) is 2.13. The van der Waals surface area contributed by atoms with Gasteiger partial charge in [-0.2, -0.15) is 0 Å². The molecule has 1 aromatic heterocycles. The molecule has 0 atom stereocenters. The predicted octanol–water partition coefficient (Wildman–Crippen LogP) is 2.41. The van der Waals surface area contributed by atoms with E-state index in [1.54, 1.807) is 16.8 Å². The lowest BCUT2D eigenvalue weighted by Crippen LogP contribution is -2.25. The number of pyridine rings is 1. The van der Waals surface area contributed by atoms with Crippen molar-refractivity contribution in [3.05, 3.63) is 63.6 Å². The molecule has 5 heteroatoms. The summed E-state index contributed by atoms with van der Waals surface area (Å²) in [4.78, 5) is 16.3. The largest absolute Gasteiger partial charge is 0.370 e. The molecule has 0 bridgehead atoms. The quantitative estimate of drug-likeness (QED) is 0.672. The van der Waals surface area contributed by atoms with E-state index in [9.17, 15) is 4.79 Å². The summed E-state index contributed by atoms with van der Waals surface area (Å²) in [5.74, 6) is 0.301. The van der Waals surface area contributed by atoms with Gasteiger partial charge in [0.1, 0.15) is 0 Å². The van der Waals surface area contributed by atoms with Gasteiger partial charge in [-0.3, -0.25) is 4.79 Å². The van der Waals surface area contributed by atoms with Gasteiger partial charge in [0, 0.05) is 24.0 Å². The Kier molecular flexibility index (Phi) is 4.99. The van der Waals surface area contributed by atoms with Gasteiger partial charge in [-0.25, -0.2) is 4.99 Å². The van der Waals surface area contributed by atoms with Crippen LogP contribution in [0.4, 0.5) is 5.69 Å². The molecular formula is C17H22N4O. The number of benzene rings is 1. The average molecular weight is 298 g/mol. The van der Waals surface area contributed by atoms with E-state index in [2.05, 4.69) is 17.2 Å². The minimum absolute atomic E-state index is 0.0206. The lowest BCUT2D eigenvalue weighted by atomic mass is 10.1. The standard InChI is InChI=1S/C17H22N4O/c1-4-21-9-5-6-14(16(21)22)11-19-17(18)20-15-8-7-12(2)13(3)10-15/h5-10H,4,11H2,1-3H3,(H3,18,19,20). The summed E-state index contributed by atoms with van der Waals surface area (Å²) in [6.07, 6.45) is 1.77. The molecule has 0 aliphatic carbocycles. The van der Waals surface area contributed by atoms with Gasteiger partial charge in [-0.15, -0.1) is 0 Å². The van der Waals surface area contributed by atoms with Gasteiger partial charge < -0.3 is 15.6 Å². The molecule has 0 spiro atoms. The molecular weight excluding hydrogens is 276 g/mol. The average Bonchev–Trinajstić information content (AvgIpc) is 2.50. The first-order valence-electron chi connectivity index (χ1n) is 7.33. The number of hydrogen-bond acceptors (Lipinski definition) is 2. The summed E-state index contributed by atoms with van der Waals surface area (Å²) in [5, 5.41) is 3.05. The van der Waals surface area contributed by atoms with Crippen molar-refractivity contribution in [3.8, 4) is 0 Å². The van der Waals surface area contributed by atoms with Crippen LogP contribution in [0.15, 0.2) is 46.3 Å². The van der Waals surface area contributed by atoms with Crippen molar-refractivity contribution in [2.75, 3.05) is 5.32 Å². The first kappa shape index (κ1) is 15.8. The van der Waals surface area contributed by atoms with Crippen LogP contribution < -0.4 is 16.6 Å². The van der Waals surface area contributed by atoms with E-state index >= 15 is 0 Å². The van der Waals surface area contributed by atoms with Crippen molar-refractivity contribution in [1.29, 1.82) is 0 Å². The Labute approximate surface area is 130 Å².